The summed E-state index contributed by atoms with van der Waals surface area (Å²) in [5.74, 6) is 0.329. The number of carbonyl (C=O) groups is 1. The van der Waals surface area contributed by atoms with Crippen molar-refractivity contribution in [1.82, 2.24) is 5.32 Å². The van der Waals surface area contributed by atoms with Crippen molar-refractivity contribution in [3.05, 3.63) is 29.3 Å². The molecule has 1 unspecified atom stereocenters. The van der Waals surface area contributed by atoms with E-state index < -0.39 is 0 Å². The van der Waals surface area contributed by atoms with E-state index in [9.17, 15) is 4.79 Å². The Morgan fingerprint density at radius 2 is 2.39 bits per heavy atom. The van der Waals surface area contributed by atoms with E-state index in [0.717, 1.165) is 31.6 Å². The quantitative estimate of drug-likeness (QED) is 0.801. The highest BCUT2D eigenvalue weighted by atomic mass is 16.5. The highest BCUT2D eigenvalue weighted by Crippen LogP contribution is 2.17. The molecule has 0 bridgehead atoms. The van der Waals surface area contributed by atoms with Crippen molar-refractivity contribution in [1.29, 1.82) is 0 Å². The summed E-state index contributed by atoms with van der Waals surface area (Å²) < 4.78 is 5.39. The summed E-state index contributed by atoms with van der Waals surface area (Å²) in [5, 5.41) is 2.94. The van der Waals surface area contributed by atoms with Crippen molar-refractivity contribution in [3.63, 3.8) is 0 Å². The van der Waals surface area contributed by atoms with E-state index in [2.05, 4.69) is 5.32 Å². The van der Waals surface area contributed by atoms with Crippen LogP contribution in [-0.4, -0.2) is 25.7 Å². The van der Waals surface area contributed by atoms with Gasteiger partial charge < -0.3 is 15.8 Å². The van der Waals surface area contributed by atoms with E-state index in [0.29, 0.717) is 23.7 Å². The van der Waals surface area contributed by atoms with E-state index >= 15 is 0 Å². The Morgan fingerprint density at radius 1 is 1.56 bits per heavy atom. The van der Waals surface area contributed by atoms with Crippen molar-refractivity contribution >= 4 is 11.6 Å². The zero-order valence-electron chi connectivity index (χ0n) is 10.7. The molecule has 1 atom stereocenters. The highest BCUT2D eigenvalue weighted by molar-refractivity contribution is 5.99. The van der Waals surface area contributed by atoms with Crippen molar-refractivity contribution in [3.8, 4) is 0 Å². The lowest BCUT2D eigenvalue weighted by molar-refractivity contribution is 0.0536. The average Bonchev–Trinajstić information content (AvgIpc) is 2.40. The minimum absolute atomic E-state index is 0.0956. The monoisotopic (exact) mass is 248 g/mol. The molecule has 1 amide bonds. The molecule has 1 aromatic rings. The maximum absolute atomic E-state index is 12.0. The second kappa shape index (κ2) is 5.87. The largest absolute Gasteiger partial charge is 0.398 e. The first-order valence-corrected chi connectivity index (χ1v) is 6.39. The summed E-state index contributed by atoms with van der Waals surface area (Å²) in [4.78, 5) is 12.0. The summed E-state index contributed by atoms with van der Waals surface area (Å²) in [6.45, 7) is 4.14. The third-order valence-electron chi connectivity index (χ3n) is 3.37. The van der Waals surface area contributed by atoms with Crippen LogP contribution >= 0.6 is 0 Å². The van der Waals surface area contributed by atoms with Crippen LogP contribution in [0.1, 0.15) is 28.8 Å². The van der Waals surface area contributed by atoms with Crippen LogP contribution in [0.4, 0.5) is 5.69 Å². The molecule has 3 N–H and O–H groups in total. The van der Waals surface area contributed by atoms with Gasteiger partial charge in [0.15, 0.2) is 0 Å². The van der Waals surface area contributed by atoms with Crippen LogP contribution in [0.25, 0.3) is 0 Å². The van der Waals surface area contributed by atoms with E-state index in [1.54, 1.807) is 6.07 Å². The summed E-state index contributed by atoms with van der Waals surface area (Å²) in [7, 11) is 0. The fraction of sp³-hybridized carbons (Fsp3) is 0.500. The van der Waals surface area contributed by atoms with Crippen LogP contribution in [0, 0.1) is 12.8 Å². The number of ether oxygens (including phenoxy) is 1. The number of hydrogen-bond acceptors (Lipinski definition) is 3. The Kier molecular flexibility index (Phi) is 4.20. The van der Waals surface area contributed by atoms with Crippen molar-refractivity contribution in [2.75, 3.05) is 25.5 Å². The minimum atomic E-state index is -0.0956. The smallest absolute Gasteiger partial charge is 0.253 e. The molecule has 1 saturated heterocycles. The molecule has 0 aromatic heterocycles. The fourth-order valence-corrected chi connectivity index (χ4v) is 2.18. The van der Waals surface area contributed by atoms with Crippen LogP contribution in [-0.2, 0) is 4.74 Å². The molecule has 2 rings (SSSR count). The molecule has 4 nitrogen and oxygen atoms in total. The van der Waals surface area contributed by atoms with Gasteiger partial charge in [-0.15, -0.1) is 0 Å². The molecule has 1 aliphatic rings. The van der Waals surface area contributed by atoms with Gasteiger partial charge >= 0.3 is 0 Å². The zero-order chi connectivity index (χ0) is 13.0. The average molecular weight is 248 g/mol. The van der Waals surface area contributed by atoms with Crippen LogP contribution in [0.15, 0.2) is 18.2 Å². The van der Waals surface area contributed by atoms with Crippen molar-refractivity contribution in [2.24, 2.45) is 5.92 Å². The zero-order valence-corrected chi connectivity index (χ0v) is 10.7. The number of rotatable bonds is 3. The lowest BCUT2D eigenvalue weighted by Gasteiger charge is -2.22. The summed E-state index contributed by atoms with van der Waals surface area (Å²) in [6, 6.07) is 5.51. The second-order valence-electron chi connectivity index (χ2n) is 4.83. The van der Waals surface area contributed by atoms with E-state index in [1.165, 1.54) is 0 Å². The molecule has 0 radical (unpaired) electrons. The maximum Gasteiger partial charge on any atom is 0.253 e. The standard InChI is InChI=1S/C14H20N2O2/c1-10-4-2-6-12(13(10)15)14(17)16-8-11-5-3-7-18-9-11/h2,4,6,11H,3,5,7-9,15H2,1H3,(H,16,17). The van der Waals surface area contributed by atoms with Crippen LogP contribution < -0.4 is 11.1 Å². The molecule has 1 heterocycles. The molecule has 0 saturated carbocycles. The summed E-state index contributed by atoms with van der Waals surface area (Å²) in [6.07, 6.45) is 2.19. The predicted molar refractivity (Wildman–Crippen MR) is 71.5 cm³/mol. The Labute approximate surface area is 108 Å². The van der Waals surface area contributed by atoms with E-state index in [-0.39, 0.29) is 5.91 Å². The molecule has 1 fully saturated rings. The first-order valence-electron chi connectivity index (χ1n) is 6.39. The summed E-state index contributed by atoms with van der Waals surface area (Å²) >= 11 is 0. The number of nitrogen functional groups attached to an aromatic ring is 1. The van der Waals surface area contributed by atoms with Crippen LogP contribution in [0.5, 0.6) is 0 Å². The third kappa shape index (κ3) is 3.01. The fourth-order valence-electron chi connectivity index (χ4n) is 2.18. The normalized spacial score (nSPS) is 19.5. The van der Waals surface area contributed by atoms with Gasteiger partial charge in [-0.05, 0) is 37.3 Å². The van der Waals surface area contributed by atoms with Gasteiger partial charge in [0, 0.05) is 18.8 Å². The van der Waals surface area contributed by atoms with Gasteiger partial charge in [-0.25, -0.2) is 0 Å². The van der Waals surface area contributed by atoms with Crippen LogP contribution in [0.2, 0.25) is 0 Å². The molecule has 1 aliphatic heterocycles. The lowest BCUT2D eigenvalue weighted by atomic mass is 10.0. The predicted octanol–water partition coefficient (Wildman–Crippen LogP) is 1.73. The van der Waals surface area contributed by atoms with E-state index in [1.807, 2.05) is 19.1 Å². The van der Waals surface area contributed by atoms with Gasteiger partial charge in [0.25, 0.3) is 5.91 Å². The topological polar surface area (TPSA) is 64.3 Å². The Balaban J connectivity index is 1.93. The van der Waals surface area contributed by atoms with Gasteiger partial charge in [-0.3, -0.25) is 4.79 Å². The molecule has 18 heavy (non-hydrogen) atoms. The molecule has 0 spiro atoms. The molecule has 4 heteroatoms. The Morgan fingerprint density at radius 3 is 3.11 bits per heavy atom. The van der Waals surface area contributed by atoms with Crippen molar-refractivity contribution in [2.45, 2.75) is 19.8 Å². The van der Waals surface area contributed by atoms with Gasteiger partial charge in [0.2, 0.25) is 0 Å². The molecular weight excluding hydrogens is 228 g/mol. The van der Waals surface area contributed by atoms with Gasteiger partial charge in [-0.2, -0.15) is 0 Å². The number of hydrogen-bond donors (Lipinski definition) is 2. The number of carbonyl (C=O) groups excluding carboxylic acids is 1. The number of nitrogens with two attached hydrogens (primary N) is 1. The SMILES string of the molecule is Cc1cccc(C(=O)NCC2CCCOC2)c1N. The molecule has 98 valence electrons. The first kappa shape index (κ1) is 12.9. The third-order valence-corrected chi connectivity index (χ3v) is 3.37. The van der Waals surface area contributed by atoms with E-state index in [4.69, 9.17) is 10.5 Å². The number of nitrogens with one attached hydrogen (secondary N) is 1. The first-order chi connectivity index (χ1) is 8.68. The lowest BCUT2D eigenvalue weighted by Crippen LogP contribution is -2.33. The number of aryl methyl sites for hydroxylation is 1. The van der Waals surface area contributed by atoms with Crippen molar-refractivity contribution < 1.29 is 9.53 Å². The second-order valence-corrected chi connectivity index (χ2v) is 4.83. The Bertz CT molecular complexity index is 426. The minimum Gasteiger partial charge on any atom is -0.398 e. The van der Waals surface area contributed by atoms with Gasteiger partial charge in [0.05, 0.1) is 12.2 Å². The number of benzene rings is 1. The van der Waals surface area contributed by atoms with Gasteiger partial charge in [0.1, 0.15) is 0 Å². The van der Waals surface area contributed by atoms with Gasteiger partial charge in [-0.1, -0.05) is 12.1 Å². The van der Waals surface area contributed by atoms with Crippen LogP contribution in [0.3, 0.4) is 0 Å². The molecule has 1 aromatic carbocycles. The maximum atomic E-state index is 12.0. The molecular formula is C14H20N2O2. The number of para-hydroxylation sites is 1. The summed E-state index contributed by atoms with van der Waals surface area (Å²) in [5.41, 5.74) is 7.97. The Hall–Kier alpha value is -1.55. The number of anilines is 1. The molecule has 0 aliphatic carbocycles. The highest BCUT2D eigenvalue weighted by Gasteiger charge is 2.16. The number of amides is 1.